The molecular formula is C11H18N8O. The number of nitrogens with two attached hydrogens (primary N) is 1. The Balaban J connectivity index is 2.18. The summed E-state index contributed by atoms with van der Waals surface area (Å²) in [5.74, 6) is 6.39. The molecule has 5 N–H and O–H groups in total. The van der Waals surface area contributed by atoms with Crippen molar-refractivity contribution in [3.8, 4) is 5.95 Å². The molecule has 9 nitrogen and oxygen atoms in total. The van der Waals surface area contributed by atoms with Gasteiger partial charge in [0.15, 0.2) is 0 Å². The first-order valence-corrected chi connectivity index (χ1v) is 6.33. The Hall–Kier alpha value is -2.26. The molecule has 9 heteroatoms. The van der Waals surface area contributed by atoms with E-state index in [1.54, 1.807) is 18.5 Å². The highest BCUT2D eigenvalue weighted by Gasteiger charge is 2.10. The smallest absolute Gasteiger partial charge is 0.257 e. The zero-order chi connectivity index (χ0) is 14.4. The standard InChI is InChI=1S/C11H18N8O/c1-8(4-2-7-20)14-9-15-10(18-12)17-11(16-9)19-6-3-5-13-19/h3,5-6,8,20H,2,4,7,12H2,1H3,(H2,14,15,16,17,18). The summed E-state index contributed by atoms with van der Waals surface area (Å²) >= 11 is 0. The van der Waals surface area contributed by atoms with Crippen LogP contribution in [0.3, 0.4) is 0 Å². The monoisotopic (exact) mass is 278 g/mol. The Morgan fingerprint density at radius 3 is 2.80 bits per heavy atom. The number of hydrazine groups is 1. The van der Waals surface area contributed by atoms with Gasteiger partial charge in [-0.15, -0.1) is 0 Å². The molecule has 1 atom stereocenters. The number of rotatable bonds is 7. The predicted molar refractivity (Wildman–Crippen MR) is 74.2 cm³/mol. The largest absolute Gasteiger partial charge is 0.396 e. The molecule has 0 saturated carbocycles. The van der Waals surface area contributed by atoms with Crippen LogP contribution in [-0.2, 0) is 0 Å². The molecule has 2 rings (SSSR count). The van der Waals surface area contributed by atoms with Crippen molar-refractivity contribution in [2.24, 2.45) is 5.84 Å². The van der Waals surface area contributed by atoms with Gasteiger partial charge in [0.2, 0.25) is 11.9 Å². The average Bonchev–Trinajstić information content (AvgIpc) is 2.99. The third kappa shape index (κ3) is 3.62. The highest BCUT2D eigenvalue weighted by Crippen LogP contribution is 2.10. The maximum Gasteiger partial charge on any atom is 0.257 e. The van der Waals surface area contributed by atoms with E-state index in [0.717, 1.165) is 6.42 Å². The average molecular weight is 278 g/mol. The van der Waals surface area contributed by atoms with E-state index in [4.69, 9.17) is 10.9 Å². The van der Waals surface area contributed by atoms with Crippen molar-refractivity contribution in [3.63, 3.8) is 0 Å². The Morgan fingerprint density at radius 1 is 1.35 bits per heavy atom. The molecule has 2 aromatic heterocycles. The number of aromatic nitrogens is 5. The van der Waals surface area contributed by atoms with Crippen molar-refractivity contribution in [3.05, 3.63) is 18.5 Å². The second-order valence-corrected chi connectivity index (χ2v) is 4.29. The Bertz CT molecular complexity index is 529. The summed E-state index contributed by atoms with van der Waals surface area (Å²) in [6.45, 7) is 2.15. The van der Waals surface area contributed by atoms with E-state index < -0.39 is 0 Å². The first-order valence-electron chi connectivity index (χ1n) is 6.33. The van der Waals surface area contributed by atoms with Crippen molar-refractivity contribution in [1.82, 2.24) is 24.7 Å². The number of hydrogen-bond acceptors (Lipinski definition) is 8. The summed E-state index contributed by atoms with van der Waals surface area (Å²) in [6.07, 6.45) is 4.89. The number of aliphatic hydroxyl groups is 1. The van der Waals surface area contributed by atoms with Crippen LogP contribution >= 0.6 is 0 Å². The van der Waals surface area contributed by atoms with Crippen molar-refractivity contribution >= 4 is 11.9 Å². The molecule has 0 aliphatic carbocycles. The van der Waals surface area contributed by atoms with Crippen LogP contribution in [0.2, 0.25) is 0 Å². The van der Waals surface area contributed by atoms with Crippen LogP contribution in [0, 0.1) is 0 Å². The molecule has 2 heterocycles. The molecule has 0 bridgehead atoms. The van der Waals surface area contributed by atoms with Gasteiger partial charge in [0, 0.05) is 25.0 Å². The van der Waals surface area contributed by atoms with Gasteiger partial charge in [-0.3, -0.25) is 5.43 Å². The molecule has 0 aliphatic heterocycles. The molecule has 1 unspecified atom stereocenters. The lowest BCUT2D eigenvalue weighted by atomic mass is 10.2. The summed E-state index contributed by atoms with van der Waals surface area (Å²) in [6, 6.07) is 1.90. The molecule has 0 radical (unpaired) electrons. The van der Waals surface area contributed by atoms with E-state index in [1.807, 2.05) is 6.92 Å². The molecule has 0 amide bonds. The third-order valence-corrected chi connectivity index (χ3v) is 2.63. The Kier molecular flexibility index (Phi) is 4.80. The zero-order valence-electron chi connectivity index (χ0n) is 11.2. The lowest BCUT2D eigenvalue weighted by molar-refractivity contribution is 0.282. The highest BCUT2D eigenvalue weighted by molar-refractivity contribution is 5.37. The van der Waals surface area contributed by atoms with E-state index in [-0.39, 0.29) is 18.6 Å². The van der Waals surface area contributed by atoms with Crippen LogP contribution in [0.1, 0.15) is 19.8 Å². The molecule has 0 saturated heterocycles. The van der Waals surface area contributed by atoms with Crippen LogP contribution in [0.25, 0.3) is 5.95 Å². The van der Waals surface area contributed by atoms with Crippen LogP contribution < -0.4 is 16.6 Å². The second-order valence-electron chi connectivity index (χ2n) is 4.29. The Labute approximate surface area is 116 Å². The van der Waals surface area contributed by atoms with E-state index >= 15 is 0 Å². The SMILES string of the molecule is CC(CCCO)Nc1nc(NN)nc(-n2cccn2)n1. The number of hydrogen-bond donors (Lipinski definition) is 4. The molecule has 0 fully saturated rings. The molecule has 20 heavy (non-hydrogen) atoms. The van der Waals surface area contributed by atoms with E-state index in [9.17, 15) is 0 Å². The van der Waals surface area contributed by atoms with Gasteiger partial charge in [0.1, 0.15) is 0 Å². The van der Waals surface area contributed by atoms with Gasteiger partial charge in [-0.2, -0.15) is 20.1 Å². The molecule has 0 aliphatic rings. The van der Waals surface area contributed by atoms with Gasteiger partial charge in [-0.1, -0.05) is 0 Å². The lowest BCUT2D eigenvalue weighted by Crippen LogP contribution is -2.20. The maximum absolute atomic E-state index is 8.83. The quantitative estimate of drug-likeness (QED) is 0.409. The van der Waals surface area contributed by atoms with Gasteiger partial charge in [-0.05, 0) is 25.8 Å². The van der Waals surface area contributed by atoms with Crippen molar-refractivity contribution in [2.45, 2.75) is 25.8 Å². The lowest BCUT2D eigenvalue weighted by Gasteiger charge is -2.14. The number of anilines is 2. The fourth-order valence-corrected chi connectivity index (χ4v) is 1.67. The summed E-state index contributed by atoms with van der Waals surface area (Å²) in [5, 5.41) is 16.0. The minimum Gasteiger partial charge on any atom is -0.396 e. The molecule has 0 aromatic carbocycles. The van der Waals surface area contributed by atoms with Gasteiger partial charge < -0.3 is 10.4 Å². The number of nitrogen functional groups attached to an aromatic ring is 1. The summed E-state index contributed by atoms with van der Waals surface area (Å²) in [5.41, 5.74) is 2.40. The topological polar surface area (TPSA) is 127 Å². The molecule has 2 aromatic rings. The summed E-state index contributed by atoms with van der Waals surface area (Å²) in [4.78, 5) is 12.5. The Morgan fingerprint density at radius 2 is 2.15 bits per heavy atom. The molecular weight excluding hydrogens is 260 g/mol. The van der Waals surface area contributed by atoms with Gasteiger partial charge >= 0.3 is 0 Å². The number of aliphatic hydroxyl groups excluding tert-OH is 1. The number of nitrogens with one attached hydrogen (secondary N) is 2. The minimum atomic E-state index is 0.126. The fraction of sp³-hybridized carbons (Fsp3) is 0.455. The fourth-order valence-electron chi connectivity index (χ4n) is 1.67. The molecule has 108 valence electrons. The summed E-state index contributed by atoms with van der Waals surface area (Å²) in [7, 11) is 0. The zero-order valence-corrected chi connectivity index (χ0v) is 11.2. The van der Waals surface area contributed by atoms with Crippen molar-refractivity contribution in [1.29, 1.82) is 0 Å². The number of nitrogens with zero attached hydrogens (tertiary/aromatic N) is 5. The highest BCUT2D eigenvalue weighted by atomic mass is 16.2. The second kappa shape index (κ2) is 6.78. The third-order valence-electron chi connectivity index (χ3n) is 2.63. The molecule has 0 spiro atoms. The first-order chi connectivity index (χ1) is 9.72. The summed E-state index contributed by atoms with van der Waals surface area (Å²) < 4.78 is 1.52. The maximum atomic E-state index is 8.83. The van der Waals surface area contributed by atoms with Gasteiger partial charge in [0.05, 0.1) is 0 Å². The van der Waals surface area contributed by atoms with Crippen molar-refractivity contribution < 1.29 is 5.11 Å². The van der Waals surface area contributed by atoms with Crippen LogP contribution in [-0.4, -0.2) is 42.5 Å². The van der Waals surface area contributed by atoms with E-state index in [2.05, 4.69) is 30.8 Å². The van der Waals surface area contributed by atoms with Crippen LogP contribution in [0.5, 0.6) is 0 Å². The van der Waals surface area contributed by atoms with Crippen LogP contribution in [0.4, 0.5) is 11.9 Å². The van der Waals surface area contributed by atoms with E-state index in [1.165, 1.54) is 4.68 Å². The van der Waals surface area contributed by atoms with Crippen molar-refractivity contribution in [2.75, 3.05) is 17.3 Å². The van der Waals surface area contributed by atoms with Gasteiger partial charge in [-0.25, -0.2) is 10.5 Å². The first kappa shape index (κ1) is 14.2. The predicted octanol–water partition coefficient (Wildman–Crippen LogP) is -0.0842. The van der Waals surface area contributed by atoms with E-state index in [0.29, 0.717) is 18.3 Å². The van der Waals surface area contributed by atoms with Gasteiger partial charge in [0.25, 0.3) is 5.95 Å². The normalized spacial score (nSPS) is 12.2. The minimum absolute atomic E-state index is 0.126. The van der Waals surface area contributed by atoms with Crippen LogP contribution in [0.15, 0.2) is 18.5 Å².